The van der Waals surface area contributed by atoms with Gasteiger partial charge in [-0.25, -0.2) is 9.97 Å². The fourth-order valence-electron chi connectivity index (χ4n) is 1.47. The first-order valence-electron chi connectivity index (χ1n) is 6.06. The largest absolute Gasteiger partial charge is 0.381 e. The molecule has 0 unspecified atom stereocenters. The normalized spacial score (nSPS) is 14.9. The van der Waals surface area contributed by atoms with E-state index in [9.17, 15) is 0 Å². The van der Waals surface area contributed by atoms with Gasteiger partial charge >= 0.3 is 0 Å². The van der Waals surface area contributed by atoms with Gasteiger partial charge in [0.25, 0.3) is 0 Å². The highest BCUT2D eigenvalue weighted by atomic mass is 32.2. The Balaban J connectivity index is 1.56. The van der Waals surface area contributed by atoms with Crippen LogP contribution < -0.4 is 5.32 Å². The van der Waals surface area contributed by atoms with Crippen molar-refractivity contribution in [3.63, 3.8) is 0 Å². The van der Waals surface area contributed by atoms with Crippen molar-refractivity contribution in [2.24, 2.45) is 5.92 Å². The number of hydrogen-bond acceptors (Lipinski definition) is 5. The lowest BCUT2D eigenvalue weighted by Crippen LogP contribution is -2.08. The number of ether oxygens (including phenoxy) is 1. The summed E-state index contributed by atoms with van der Waals surface area (Å²) in [5.74, 6) is 1.75. The van der Waals surface area contributed by atoms with E-state index in [1.54, 1.807) is 18.1 Å². The van der Waals surface area contributed by atoms with Crippen molar-refractivity contribution >= 4 is 17.6 Å². The molecule has 1 N–H and O–H groups in total. The molecule has 17 heavy (non-hydrogen) atoms. The van der Waals surface area contributed by atoms with Gasteiger partial charge in [0.05, 0.1) is 0 Å². The molecule has 1 aromatic heterocycles. The average molecular weight is 253 g/mol. The number of anilines is 1. The first kappa shape index (κ1) is 12.6. The van der Waals surface area contributed by atoms with Crippen LogP contribution in [0.1, 0.15) is 19.3 Å². The first-order valence-corrected chi connectivity index (χ1v) is 7.28. The third kappa shape index (κ3) is 4.91. The predicted molar refractivity (Wildman–Crippen MR) is 70.5 cm³/mol. The van der Waals surface area contributed by atoms with Crippen molar-refractivity contribution in [2.45, 2.75) is 24.3 Å². The van der Waals surface area contributed by atoms with Crippen molar-refractivity contribution in [1.29, 1.82) is 0 Å². The summed E-state index contributed by atoms with van der Waals surface area (Å²) in [4.78, 5) is 8.30. The Morgan fingerprint density at radius 1 is 1.47 bits per heavy atom. The van der Waals surface area contributed by atoms with Crippen LogP contribution in [-0.2, 0) is 4.74 Å². The van der Waals surface area contributed by atoms with E-state index in [2.05, 4.69) is 15.3 Å². The van der Waals surface area contributed by atoms with Gasteiger partial charge in [-0.15, -0.1) is 11.8 Å². The van der Waals surface area contributed by atoms with Crippen LogP contribution >= 0.6 is 11.8 Å². The van der Waals surface area contributed by atoms with Gasteiger partial charge < -0.3 is 10.1 Å². The second-order valence-corrected chi connectivity index (χ2v) is 5.07. The van der Waals surface area contributed by atoms with Crippen LogP contribution in [0.15, 0.2) is 17.4 Å². The van der Waals surface area contributed by atoms with Gasteiger partial charge in [0, 0.05) is 25.8 Å². The third-order valence-electron chi connectivity index (χ3n) is 2.67. The van der Waals surface area contributed by atoms with Crippen LogP contribution in [0, 0.1) is 5.92 Å². The molecular weight excluding hydrogens is 234 g/mol. The molecule has 1 fully saturated rings. The highest BCUT2D eigenvalue weighted by Gasteiger charge is 2.20. The van der Waals surface area contributed by atoms with Crippen LogP contribution in [0.2, 0.25) is 0 Å². The van der Waals surface area contributed by atoms with Gasteiger partial charge in [-0.3, -0.25) is 0 Å². The highest BCUT2D eigenvalue weighted by Crippen LogP contribution is 2.28. The molecule has 0 bridgehead atoms. The molecule has 0 aliphatic heterocycles. The maximum Gasteiger partial charge on any atom is 0.130 e. The molecule has 0 saturated heterocycles. The molecular formula is C12H19N3OS. The smallest absolute Gasteiger partial charge is 0.130 e. The maximum absolute atomic E-state index is 5.56. The fourth-order valence-corrected chi connectivity index (χ4v) is 1.86. The summed E-state index contributed by atoms with van der Waals surface area (Å²) in [5.41, 5.74) is 0. The highest BCUT2D eigenvalue weighted by molar-refractivity contribution is 7.98. The minimum Gasteiger partial charge on any atom is -0.381 e. The number of aromatic nitrogens is 2. The minimum atomic E-state index is 0.837. The van der Waals surface area contributed by atoms with E-state index in [4.69, 9.17) is 4.74 Å². The number of hydrogen-bond donors (Lipinski definition) is 1. The van der Waals surface area contributed by atoms with Crippen LogP contribution in [0.3, 0.4) is 0 Å². The predicted octanol–water partition coefficient (Wildman–Crippen LogP) is 2.43. The van der Waals surface area contributed by atoms with Gasteiger partial charge in [-0.05, 0) is 31.4 Å². The Hall–Kier alpha value is -0.810. The summed E-state index contributed by atoms with van der Waals surface area (Å²) in [5, 5.41) is 4.27. The van der Waals surface area contributed by atoms with Crippen LogP contribution in [0.5, 0.6) is 0 Å². The Kier molecular flexibility index (Phi) is 5.07. The van der Waals surface area contributed by atoms with Gasteiger partial charge in [0.1, 0.15) is 17.2 Å². The lowest BCUT2D eigenvalue weighted by molar-refractivity contribution is 0.124. The Labute approximate surface area is 107 Å². The molecule has 0 spiro atoms. The summed E-state index contributed by atoms with van der Waals surface area (Å²) in [6, 6.07) is 1.97. The monoisotopic (exact) mass is 253 g/mol. The Bertz CT molecular complexity index is 344. The van der Waals surface area contributed by atoms with E-state index in [1.807, 2.05) is 12.3 Å². The van der Waals surface area contributed by atoms with Gasteiger partial charge in [-0.1, -0.05) is 0 Å². The zero-order valence-corrected chi connectivity index (χ0v) is 11.0. The molecule has 1 aliphatic rings. The second-order valence-electron chi connectivity index (χ2n) is 4.24. The van der Waals surface area contributed by atoms with Crippen molar-refractivity contribution in [1.82, 2.24) is 9.97 Å². The fraction of sp³-hybridized carbons (Fsp3) is 0.667. The molecule has 0 radical (unpaired) electrons. The topological polar surface area (TPSA) is 47.0 Å². The molecule has 94 valence electrons. The van der Waals surface area contributed by atoms with Crippen LogP contribution in [-0.4, -0.2) is 36.0 Å². The number of thioether (sulfide) groups is 1. The van der Waals surface area contributed by atoms with Gasteiger partial charge in [0.2, 0.25) is 0 Å². The molecule has 4 nitrogen and oxygen atoms in total. The van der Waals surface area contributed by atoms with E-state index >= 15 is 0 Å². The van der Waals surface area contributed by atoms with Gasteiger partial charge in [-0.2, -0.15) is 0 Å². The molecule has 5 heteroatoms. The molecule has 2 rings (SSSR count). The van der Waals surface area contributed by atoms with Crippen LogP contribution in [0.4, 0.5) is 5.82 Å². The van der Waals surface area contributed by atoms with E-state index in [1.165, 1.54) is 12.8 Å². The number of nitrogens with zero attached hydrogens (tertiary/aromatic N) is 2. The van der Waals surface area contributed by atoms with Crippen molar-refractivity contribution < 1.29 is 4.74 Å². The minimum absolute atomic E-state index is 0.837. The van der Waals surface area contributed by atoms with E-state index < -0.39 is 0 Å². The molecule has 1 aromatic rings. The summed E-state index contributed by atoms with van der Waals surface area (Å²) >= 11 is 1.62. The van der Waals surface area contributed by atoms with Crippen molar-refractivity contribution in [3.05, 3.63) is 12.4 Å². The van der Waals surface area contributed by atoms with E-state index in [0.717, 1.165) is 42.9 Å². The summed E-state index contributed by atoms with van der Waals surface area (Å²) < 4.78 is 5.56. The Morgan fingerprint density at radius 3 is 3.12 bits per heavy atom. The zero-order valence-electron chi connectivity index (χ0n) is 10.2. The molecule has 1 heterocycles. The Morgan fingerprint density at radius 2 is 2.35 bits per heavy atom. The summed E-state index contributed by atoms with van der Waals surface area (Å²) in [7, 11) is 0. The van der Waals surface area contributed by atoms with Crippen LogP contribution in [0.25, 0.3) is 0 Å². The zero-order chi connectivity index (χ0) is 11.9. The first-order chi connectivity index (χ1) is 8.38. The third-order valence-corrected chi connectivity index (χ3v) is 3.31. The molecule has 0 aromatic carbocycles. The summed E-state index contributed by atoms with van der Waals surface area (Å²) in [6.45, 7) is 2.68. The lowest BCUT2D eigenvalue weighted by atomic mass is 10.4. The molecule has 0 amide bonds. The quantitative estimate of drug-likeness (QED) is 0.438. The molecule has 1 aliphatic carbocycles. The SMILES string of the molecule is CSc1cc(NCCCOCC2CC2)ncn1. The molecule has 1 saturated carbocycles. The maximum atomic E-state index is 5.56. The van der Waals surface area contributed by atoms with Gasteiger partial charge in [0.15, 0.2) is 0 Å². The summed E-state index contributed by atoms with van der Waals surface area (Å²) in [6.07, 6.45) is 7.34. The van der Waals surface area contributed by atoms with E-state index in [-0.39, 0.29) is 0 Å². The second kappa shape index (κ2) is 6.81. The van der Waals surface area contributed by atoms with E-state index in [0.29, 0.717) is 0 Å². The number of nitrogens with one attached hydrogen (secondary N) is 1. The average Bonchev–Trinajstić information content (AvgIpc) is 3.18. The molecule has 0 atom stereocenters. The van der Waals surface area contributed by atoms with Crippen molar-refractivity contribution in [3.8, 4) is 0 Å². The number of rotatable bonds is 8. The lowest BCUT2D eigenvalue weighted by Gasteiger charge is -2.06. The van der Waals surface area contributed by atoms with Crippen molar-refractivity contribution in [2.75, 3.05) is 31.3 Å². The standard InChI is InChI=1S/C12H19N3OS/c1-17-12-7-11(14-9-15-12)13-5-2-6-16-8-10-3-4-10/h7,9-10H,2-6,8H2,1H3,(H,13,14,15).